The zero-order chi connectivity index (χ0) is 20.1. The number of carbonyl (C=O) groups excluding carboxylic acids is 1. The van der Waals surface area contributed by atoms with Crippen LogP contribution in [0.15, 0.2) is 36.4 Å². The van der Waals surface area contributed by atoms with Gasteiger partial charge in [-0.15, -0.1) is 10.2 Å². The van der Waals surface area contributed by atoms with E-state index in [-0.39, 0.29) is 5.91 Å². The van der Waals surface area contributed by atoms with Crippen LogP contribution in [-0.2, 0) is 11.2 Å². The number of aromatic nitrogens is 2. The normalized spacial score (nSPS) is 17.9. The minimum atomic E-state index is 0.162. The third kappa shape index (κ3) is 5.18. The standard InChI is InChI=1S/C22H28ClN5O/c23-19-7-5-18(6-8-19)17-22(29)28-15-13-27(14-16-28)21-10-9-20(24-25-21)26-11-3-1-2-4-12-26/h5-10H,1-4,11-17H2. The van der Waals surface area contributed by atoms with Crippen molar-refractivity contribution in [2.24, 2.45) is 0 Å². The second-order valence-corrected chi connectivity index (χ2v) is 8.26. The van der Waals surface area contributed by atoms with Crippen LogP contribution >= 0.6 is 11.6 Å². The second kappa shape index (κ2) is 9.44. The van der Waals surface area contributed by atoms with Crippen LogP contribution in [0.25, 0.3) is 0 Å². The summed E-state index contributed by atoms with van der Waals surface area (Å²) < 4.78 is 0. The van der Waals surface area contributed by atoms with E-state index in [4.69, 9.17) is 11.6 Å². The summed E-state index contributed by atoms with van der Waals surface area (Å²) in [7, 11) is 0. The van der Waals surface area contributed by atoms with Crippen molar-refractivity contribution < 1.29 is 4.79 Å². The van der Waals surface area contributed by atoms with Crippen LogP contribution in [0.4, 0.5) is 11.6 Å². The molecule has 0 unspecified atom stereocenters. The van der Waals surface area contributed by atoms with Crippen LogP contribution in [0, 0.1) is 0 Å². The van der Waals surface area contributed by atoms with E-state index in [0.717, 1.165) is 43.4 Å². The Morgan fingerprint density at radius 2 is 1.31 bits per heavy atom. The highest BCUT2D eigenvalue weighted by Crippen LogP contribution is 2.20. The summed E-state index contributed by atoms with van der Waals surface area (Å²) in [5.41, 5.74) is 0.997. The van der Waals surface area contributed by atoms with Gasteiger partial charge in [0, 0.05) is 44.3 Å². The molecule has 6 nitrogen and oxygen atoms in total. The lowest BCUT2D eigenvalue weighted by molar-refractivity contribution is -0.130. The average Bonchev–Trinajstić information content (AvgIpc) is 3.05. The summed E-state index contributed by atoms with van der Waals surface area (Å²) in [4.78, 5) is 19.1. The number of nitrogens with zero attached hydrogens (tertiary/aromatic N) is 5. The Hall–Kier alpha value is -2.34. The summed E-state index contributed by atoms with van der Waals surface area (Å²) in [6.45, 7) is 5.13. The van der Waals surface area contributed by atoms with Gasteiger partial charge in [0.25, 0.3) is 0 Å². The van der Waals surface area contributed by atoms with E-state index in [1.165, 1.54) is 25.7 Å². The molecule has 1 aromatic carbocycles. The minimum absolute atomic E-state index is 0.162. The monoisotopic (exact) mass is 413 g/mol. The quantitative estimate of drug-likeness (QED) is 0.768. The number of hydrogen-bond donors (Lipinski definition) is 0. The zero-order valence-corrected chi connectivity index (χ0v) is 17.5. The lowest BCUT2D eigenvalue weighted by Gasteiger charge is -2.35. The van der Waals surface area contributed by atoms with Gasteiger partial charge in [0.2, 0.25) is 5.91 Å². The van der Waals surface area contributed by atoms with Crippen molar-refractivity contribution in [1.82, 2.24) is 15.1 Å². The van der Waals surface area contributed by atoms with Crippen LogP contribution < -0.4 is 9.80 Å². The third-order valence-corrected chi connectivity index (χ3v) is 6.04. The lowest BCUT2D eigenvalue weighted by Crippen LogP contribution is -2.49. The Morgan fingerprint density at radius 1 is 0.759 bits per heavy atom. The van der Waals surface area contributed by atoms with Crippen LogP contribution in [0.1, 0.15) is 31.2 Å². The number of amides is 1. The molecule has 1 aromatic heterocycles. The summed E-state index contributed by atoms with van der Waals surface area (Å²) in [6.07, 6.45) is 5.50. The van der Waals surface area contributed by atoms with Crippen LogP contribution in [0.5, 0.6) is 0 Å². The number of benzene rings is 1. The SMILES string of the molecule is O=C(Cc1ccc(Cl)cc1)N1CCN(c2ccc(N3CCCCCC3)nn2)CC1. The molecule has 2 aromatic rings. The fourth-order valence-corrected chi connectivity index (χ4v) is 4.15. The van der Waals surface area contributed by atoms with E-state index in [1.54, 1.807) is 0 Å². The molecule has 2 saturated heterocycles. The maximum absolute atomic E-state index is 12.6. The highest BCUT2D eigenvalue weighted by atomic mass is 35.5. The Balaban J connectivity index is 1.29. The Morgan fingerprint density at radius 3 is 1.86 bits per heavy atom. The molecule has 2 aliphatic heterocycles. The largest absolute Gasteiger partial charge is 0.355 e. The number of anilines is 2. The molecule has 154 valence electrons. The predicted octanol–water partition coefficient (Wildman–Crippen LogP) is 3.40. The van der Waals surface area contributed by atoms with Crippen molar-refractivity contribution in [1.29, 1.82) is 0 Å². The topological polar surface area (TPSA) is 52.6 Å². The molecule has 29 heavy (non-hydrogen) atoms. The maximum Gasteiger partial charge on any atom is 0.227 e. The fourth-order valence-electron chi connectivity index (χ4n) is 4.03. The molecule has 0 bridgehead atoms. The van der Waals surface area contributed by atoms with Gasteiger partial charge in [0.05, 0.1) is 6.42 Å². The van der Waals surface area contributed by atoms with E-state index >= 15 is 0 Å². The summed E-state index contributed by atoms with van der Waals surface area (Å²) in [5.74, 6) is 2.04. The van der Waals surface area contributed by atoms with Gasteiger partial charge in [-0.3, -0.25) is 4.79 Å². The Labute approximate surface area is 177 Å². The molecular formula is C22H28ClN5O. The summed E-state index contributed by atoms with van der Waals surface area (Å²) in [5, 5.41) is 9.64. The van der Waals surface area contributed by atoms with Crippen molar-refractivity contribution in [2.75, 3.05) is 49.1 Å². The van der Waals surface area contributed by atoms with Gasteiger partial charge >= 0.3 is 0 Å². The number of halogens is 1. The van der Waals surface area contributed by atoms with Crippen molar-refractivity contribution in [3.63, 3.8) is 0 Å². The molecule has 2 fully saturated rings. The van der Waals surface area contributed by atoms with E-state index in [1.807, 2.05) is 29.2 Å². The average molecular weight is 414 g/mol. The van der Waals surface area contributed by atoms with Gasteiger partial charge in [-0.1, -0.05) is 36.6 Å². The molecule has 2 aliphatic rings. The lowest BCUT2D eigenvalue weighted by atomic mass is 10.1. The second-order valence-electron chi connectivity index (χ2n) is 7.82. The molecule has 0 radical (unpaired) electrons. The first-order valence-corrected chi connectivity index (χ1v) is 10.9. The van der Waals surface area contributed by atoms with Crippen molar-refractivity contribution in [2.45, 2.75) is 32.1 Å². The van der Waals surface area contributed by atoms with E-state index < -0.39 is 0 Å². The minimum Gasteiger partial charge on any atom is -0.355 e. The van der Waals surface area contributed by atoms with Crippen molar-refractivity contribution in [3.05, 3.63) is 47.0 Å². The Bertz CT molecular complexity index is 795. The molecule has 4 rings (SSSR count). The molecule has 0 saturated carbocycles. The summed E-state index contributed by atoms with van der Waals surface area (Å²) >= 11 is 5.92. The molecule has 1 amide bonds. The van der Waals surface area contributed by atoms with E-state index in [9.17, 15) is 4.79 Å². The smallest absolute Gasteiger partial charge is 0.227 e. The zero-order valence-electron chi connectivity index (χ0n) is 16.8. The van der Waals surface area contributed by atoms with Gasteiger partial charge in [-0.05, 0) is 42.7 Å². The molecule has 0 atom stereocenters. The number of hydrogen-bond acceptors (Lipinski definition) is 5. The molecule has 0 spiro atoms. The molecule has 0 aliphatic carbocycles. The van der Waals surface area contributed by atoms with E-state index in [2.05, 4.69) is 32.1 Å². The van der Waals surface area contributed by atoms with Crippen LogP contribution in [0.3, 0.4) is 0 Å². The van der Waals surface area contributed by atoms with Gasteiger partial charge < -0.3 is 14.7 Å². The predicted molar refractivity (Wildman–Crippen MR) is 117 cm³/mol. The van der Waals surface area contributed by atoms with Crippen molar-refractivity contribution in [3.8, 4) is 0 Å². The first-order valence-electron chi connectivity index (χ1n) is 10.5. The van der Waals surface area contributed by atoms with Gasteiger partial charge in [0.15, 0.2) is 11.6 Å². The molecular weight excluding hydrogens is 386 g/mol. The molecule has 0 N–H and O–H groups in total. The number of rotatable bonds is 4. The molecule has 3 heterocycles. The van der Waals surface area contributed by atoms with Crippen molar-refractivity contribution >= 4 is 29.1 Å². The highest BCUT2D eigenvalue weighted by molar-refractivity contribution is 6.30. The third-order valence-electron chi connectivity index (χ3n) is 5.79. The number of carbonyl (C=O) groups is 1. The Kier molecular flexibility index (Phi) is 6.49. The van der Waals surface area contributed by atoms with Gasteiger partial charge in [-0.25, -0.2) is 0 Å². The van der Waals surface area contributed by atoms with E-state index in [0.29, 0.717) is 24.5 Å². The van der Waals surface area contributed by atoms with Gasteiger partial charge in [0.1, 0.15) is 0 Å². The number of piperazine rings is 1. The first-order chi connectivity index (χ1) is 14.2. The van der Waals surface area contributed by atoms with Gasteiger partial charge in [-0.2, -0.15) is 0 Å². The highest BCUT2D eigenvalue weighted by Gasteiger charge is 2.22. The fraction of sp³-hybridized carbons (Fsp3) is 0.500. The first kappa shape index (κ1) is 20.0. The maximum atomic E-state index is 12.6. The van der Waals surface area contributed by atoms with Crippen LogP contribution in [0.2, 0.25) is 5.02 Å². The molecule has 7 heteroatoms. The summed E-state index contributed by atoms with van der Waals surface area (Å²) in [6, 6.07) is 11.6. The van der Waals surface area contributed by atoms with Crippen LogP contribution in [-0.4, -0.2) is 60.3 Å².